The molecule has 2 heterocycles. The lowest BCUT2D eigenvalue weighted by atomic mass is 10.1. The van der Waals surface area contributed by atoms with Crippen LogP contribution in [0.5, 0.6) is 0 Å². The molecule has 20 heavy (non-hydrogen) atoms. The first-order valence-electron chi connectivity index (χ1n) is 6.21. The van der Waals surface area contributed by atoms with Crippen LogP contribution in [0.25, 0.3) is 0 Å². The van der Waals surface area contributed by atoms with Crippen molar-refractivity contribution in [3.63, 3.8) is 0 Å². The Morgan fingerprint density at radius 2 is 2.20 bits per heavy atom. The molecule has 108 valence electrons. The molecule has 2 rings (SSSR count). The second-order valence-corrected chi connectivity index (χ2v) is 7.10. The number of carbonyl (C=O) groups is 1. The summed E-state index contributed by atoms with van der Waals surface area (Å²) in [6.07, 6.45) is 0.320. The van der Waals surface area contributed by atoms with Crippen LogP contribution in [-0.2, 0) is 9.53 Å². The minimum absolute atomic E-state index is 0.0432. The topological polar surface area (TPSA) is 38.3 Å². The average Bonchev–Trinajstić information content (AvgIpc) is 3.08. The molecule has 0 aromatic carbocycles. The number of thiophene rings is 2. The van der Waals surface area contributed by atoms with Gasteiger partial charge in [-0.1, -0.05) is 17.7 Å². The number of halogens is 1. The van der Waals surface area contributed by atoms with Crippen molar-refractivity contribution >= 4 is 40.2 Å². The molecule has 0 saturated heterocycles. The lowest BCUT2D eigenvalue weighted by Crippen LogP contribution is -2.26. The molecule has 2 aromatic heterocycles. The lowest BCUT2D eigenvalue weighted by molar-refractivity contribution is -0.141. The number of rotatable bonds is 6. The molecular formula is C14H16ClNO2S2. The van der Waals surface area contributed by atoms with E-state index in [1.807, 2.05) is 29.6 Å². The van der Waals surface area contributed by atoms with Crippen molar-refractivity contribution in [3.8, 4) is 0 Å². The third kappa shape index (κ3) is 4.06. The Morgan fingerprint density at radius 3 is 2.75 bits per heavy atom. The molecule has 0 bridgehead atoms. The predicted octanol–water partition coefficient (Wildman–Crippen LogP) is 4.42. The van der Waals surface area contributed by atoms with E-state index in [-0.39, 0.29) is 18.1 Å². The first-order valence-corrected chi connectivity index (χ1v) is 8.29. The number of methoxy groups -OCH3 is 1. The third-order valence-electron chi connectivity index (χ3n) is 2.96. The van der Waals surface area contributed by atoms with Gasteiger partial charge >= 0.3 is 5.97 Å². The Morgan fingerprint density at radius 1 is 1.40 bits per heavy atom. The summed E-state index contributed by atoms with van der Waals surface area (Å²) >= 11 is 9.15. The van der Waals surface area contributed by atoms with Crippen molar-refractivity contribution in [2.24, 2.45) is 0 Å². The molecule has 2 atom stereocenters. The maximum atomic E-state index is 11.6. The zero-order valence-electron chi connectivity index (χ0n) is 11.3. The molecule has 0 aliphatic carbocycles. The fourth-order valence-corrected chi connectivity index (χ4v) is 3.79. The molecule has 0 aliphatic rings. The van der Waals surface area contributed by atoms with E-state index in [0.29, 0.717) is 6.42 Å². The van der Waals surface area contributed by atoms with Gasteiger partial charge in [-0.3, -0.25) is 4.79 Å². The molecule has 2 unspecified atom stereocenters. The minimum Gasteiger partial charge on any atom is -0.469 e. The second-order valence-electron chi connectivity index (χ2n) is 4.38. The van der Waals surface area contributed by atoms with Crippen LogP contribution in [0.3, 0.4) is 0 Å². The van der Waals surface area contributed by atoms with E-state index >= 15 is 0 Å². The molecule has 0 amide bonds. The number of nitrogens with one attached hydrogen (secondary N) is 1. The van der Waals surface area contributed by atoms with Gasteiger partial charge in [-0.15, -0.1) is 22.7 Å². The maximum Gasteiger partial charge on any atom is 0.307 e. The van der Waals surface area contributed by atoms with E-state index < -0.39 is 0 Å². The number of hydrogen-bond donors (Lipinski definition) is 1. The van der Waals surface area contributed by atoms with E-state index in [1.165, 1.54) is 7.11 Å². The highest BCUT2D eigenvalue weighted by Gasteiger charge is 2.20. The number of ether oxygens (including phenoxy) is 1. The quantitative estimate of drug-likeness (QED) is 0.797. The first-order chi connectivity index (χ1) is 9.60. The van der Waals surface area contributed by atoms with Crippen LogP contribution in [0.15, 0.2) is 29.6 Å². The second kappa shape index (κ2) is 7.22. The van der Waals surface area contributed by atoms with Crippen LogP contribution in [-0.4, -0.2) is 13.1 Å². The van der Waals surface area contributed by atoms with Gasteiger partial charge in [0.1, 0.15) is 0 Å². The number of esters is 1. The summed E-state index contributed by atoms with van der Waals surface area (Å²) in [5.74, 6) is -0.215. The van der Waals surface area contributed by atoms with E-state index in [9.17, 15) is 4.79 Å². The summed E-state index contributed by atoms with van der Waals surface area (Å²) in [4.78, 5) is 13.8. The van der Waals surface area contributed by atoms with E-state index in [2.05, 4.69) is 12.2 Å². The van der Waals surface area contributed by atoms with Crippen molar-refractivity contribution in [1.82, 2.24) is 5.32 Å². The van der Waals surface area contributed by atoms with Gasteiger partial charge in [0.2, 0.25) is 0 Å². The van der Waals surface area contributed by atoms with Crippen LogP contribution < -0.4 is 5.32 Å². The monoisotopic (exact) mass is 329 g/mol. The van der Waals surface area contributed by atoms with Crippen molar-refractivity contribution < 1.29 is 9.53 Å². The summed E-state index contributed by atoms with van der Waals surface area (Å²) < 4.78 is 5.55. The zero-order chi connectivity index (χ0) is 14.5. The fourth-order valence-electron chi connectivity index (χ4n) is 1.93. The van der Waals surface area contributed by atoms with E-state index in [1.54, 1.807) is 22.7 Å². The standard InChI is InChI=1S/C14H16ClNO2S2/c1-9(11-5-6-13(15)20-11)16-10(8-14(17)18-2)12-4-3-7-19-12/h3-7,9-10,16H,8H2,1-2H3. The summed E-state index contributed by atoms with van der Waals surface area (Å²) in [5, 5.41) is 5.48. The molecule has 0 fully saturated rings. The molecular weight excluding hydrogens is 314 g/mol. The van der Waals surface area contributed by atoms with Gasteiger partial charge in [-0.05, 0) is 30.5 Å². The molecule has 3 nitrogen and oxygen atoms in total. The van der Waals surface area contributed by atoms with Crippen LogP contribution in [0.4, 0.5) is 0 Å². The van der Waals surface area contributed by atoms with Crippen molar-refractivity contribution in [3.05, 3.63) is 43.7 Å². The molecule has 1 N–H and O–H groups in total. The van der Waals surface area contributed by atoms with E-state index in [4.69, 9.17) is 16.3 Å². The molecule has 0 aliphatic heterocycles. The predicted molar refractivity (Wildman–Crippen MR) is 84.6 cm³/mol. The summed E-state index contributed by atoms with van der Waals surface area (Å²) in [7, 11) is 1.41. The Bertz CT molecular complexity index is 553. The van der Waals surface area contributed by atoms with E-state index in [0.717, 1.165) is 14.1 Å². The van der Waals surface area contributed by atoms with Crippen LogP contribution >= 0.6 is 34.3 Å². The van der Waals surface area contributed by atoms with Crippen molar-refractivity contribution in [2.45, 2.75) is 25.4 Å². The Balaban J connectivity index is 2.09. The zero-order valence-corrected chi connectivity index (χ0v) is 13.6. The maximum absolute atomic E-state index is 11.6. The van der Waals surface area contributed by atoms with Gasteiger partial charge in [0.15, 0.2) is 0 Å². The normalized spacial score (nSPS) is 13.9. The summed E-state index contributed by atoms with van der Waals surface area (Å²) in [6.45, 7) is 2.07. The molecule has 6 heteroatoms. The van der Waals surface area contributed by atoms with Crippen LogP contribution in [0.2, 0.25) is 4.34 Å². The summed E-state index contributed by atoms with van der Waals surface area (Å²) in [5.41, 5.74) is 0. The van der Waals surface area contributed by atoms with Gasteiger partial charge < -0.3 is 10.1 Å². The van der Waals surface area contributed by atoms with Gasteiger partial charge in [-0.2, -0.15) is 0 Å². The van der Waals surface area contributed by atoms with Gasteiger partial charge in [-0.25, -0.2) is 0 Å². The molecule has 2 aromatic rings. The third-order valence-corrected chi connectivity index (χ3v) is 5.36. The highest BCUT2D eigenvalue weighted by Crippen LogP contribution is 2.30. The number of carbonyl (C=O) groups excluding carboxylic acids is 1. The highest BCUT2D eigenvalue weighted by atomic mass is 35.5. The largest absolute Gasteiger partial charge is 0.469 e. The Hall–Kier alpha value is -0.880. The molecule has 0 saturated carbocycles. The van der Waals surface area contributed by atoms with Crippen molar-refractivity contribution in [2.75, 3.05) is 7.11 Å². The number of hydrogen-bond acceptors (Lipinski definition) is 5. The Labute approximate surface area is 131 Å². The molecule has 0 radical (unpaired) electrons. The lowest BCUT2D eigenvalue weighted by Gasteiger charge is -2.21. The SMILES string of the molecule is COC(=O)CC(NC(C)c1ccc(Cl)s1)c1cccs1. The van der Waals surface area contributed by atoms with Crippen LogP contribution in [0.1, 0.15) is 35.2 Å². The van der Waals surface area contributed by atoms with Gasteiger partial charge in [0.25, 0.3) is 0 Å². The molecule has 0 spiro atoms. The highest BCUT2D eigenvalue weighted by molar-refractivity contribution is 7.16. The first kappa shape index (κ1) is 15.5. The van der Waals surface area contributed by atoms with Gasteiger partial charge in [0, 0.05) is 15.8 Å². The van der Waals surface area contributed by atoms with Gasteiger partial charge in [0.05, 0.1) is 23.9 Å². The Kier molecular flexibility index (Phi) is 5.60. The average molecular weight is 330 g/mol. The fraction of sp³-hybridized carbons (Fsp3) is 0.357. The van der Waals surface area contributed by atoms with Crippen LogP contribution in [0, 0.1) is 0 Å². The summed E-state index contributed by atoms with van der Waals surface area (Å²) in [6, 6.07) is 7.99. The minimum atomic E-state index is -0.215. The van der Waals surface area contributed by atoms with Crippen molar-refractivity contribution in [1.29, 1.82) is 0 Å². The smallest absolute Gasteiger partial charge is 0.307 e.